The Morgan fingerprint density at radius 1 is 1.47 bits per heavy atom. The molecule has 0 aliphatic heterocycles. The Hall–Kier alpha value is -1.35. The highest BCUT2D eigenvalue weighted by molar-refractivity contribution is 5.97. The first-order chi connectivity index (χ1) is 6.92. The molecule has 3 heteroatoms. The van der Waals surface area contributed by atoms with Crippen LogP contribution in [0, 0.1) is 0 Å². The van der Waals surface area contributed by atoms with Crippen LogP contribution in [0.2, 0.25) is 0 Å². The summed E-state index contributed by atoms with van der Waals surface area (Å²) in [6, 6.07) is 7.12. The molecule has 1 aromatic rings. The second kappa shape index (κ2) is 4.45. The zero-order chi connectivity index (χ0) is 11.5. The predicted molar refractivity (Wildman–Crippen MR) is 60.2 cm³/mol. The topological polar surface area (TPSA) is 52.3 Å². The minimum absolute atomic E-state index is 0.0430. The molecule has 0 atom stereocenters. The van der Waals surface area contributed by atoms with Crippen LogP contribution in [-0.4, -0.2) is 18.4 Å². The summed E-state index contributed by atoms with van der Waals surface area (Å²) >= 11 is 0. The summed E-state index contributed by atoms with van der Waals surface area (Å²) in [5.41, 5.74) is 5.97. The van der Waals surface area contributed by atoms with Crippen molar-refractivity contribution in [1.82, 2.24) is 0 Å². The summed E-state index contributed by atoms with van der Waals surface area (Å²) in [7, 11) is 1.58. The lowest BCUT2D eigenvalue weighted by molar-refractivity contribution is 0.0960. The summed E-state index contributed by atoms with van der Waals surface area (Å²) in [6.07, 6.45) is 0.333. The second-order valence-electron chi connectivity index (χ2n) is 4.32. The Morgan fingerprint density at radius 3 is 2.67 bits per heavy atom. The van der Waals surface area contributed by atoms with Crippen LogP contribution in [0.25, 0.3) is 0 Å². The maximum atomic E-state index is 11.8. The fourth-order valence-electron chi connectivity index (χ4n) is 1.31. The minimum Gasteiger partial charge on any atom is -0.497 e. The molecule has 0 radical (unpaired) electrons. The van der Waals surface area contributed by atoms with Gasteiger partial charge in [0, 0.05) is 17.5 Å². The number of Topliss-reactive ketones (excluding diaryl/α,β-unsaturated/α-hetero) is 1. The fraction of sp³-hybridized carbons (Fsp3) is 0.417. The van der Waals surface area contributed by atoms with Crippen molar-refractivity contribution < 1.29 is 9.53 Å². The molecule has 0 aliphatic carbocycles. The maximum Gasteiger partial charge on any atom is 0.164 e. The predicted octanol–water partition coefficient (Wildman–Crippen LogP) is 2.01. The first-order valence-electron chi connectivity index (χ1n) is 4.88. The molecule has 0 amide bonds. The molecule has 0 saturated heterocycles. The second-order valence-corrected chi connectivity index (χ2v) is 4.32. The molecule has 82 valence electrons. The molecule has 0 heterocycles. The summed E-state index contributed by atoms with van der Waals surface area (Å²) in [6.45, 7) is 3.68. The smallest absolute Gasteiger partial charge is 0.164 e. The lowest BCUT2D eigenvalue weighted by Crippen LogP contribution is -2.34. The van der Waals surface area contributed by atoms with Crippen molar-refractivity contribution in [2.75, 3.05) is 7.11 Å². The van der Waals surface area contributed by atoms with Crippen LogP contribution >= 0.6 is 0 Å². The van der Waals surface area contributed by atoms with E-state index in [0.29, 0.717) is 17.7 Å². The number of hydrogen-bond acceptors (Lipinski definition) is 3. The average Bonchev–Trinajstić information content (AvgIpc) is 2.15. The molecule has 1 rings (SSSR count). The van der Waals surface area contributed by atoms with Gasteiger partial charge >= 0.3 is 0 Å². The van der Waals surface area contributed by atoms with Gasteiger partial charge in [-0.25, -0.2) is 0 Å². The molecule has 0 aromatic heterocycles. The highest BCUT2D eigenvalue weighted by Gasteiger charge is 2.17. The number of carbonyl (C=O) groups is 1. The molecular weight excluding hydrogens is 190 g/mol. The summed E-state index contributed by atoms with van der Waals surface area (Å²) in [5, 5.41) is 0. The van der Waals surface area contributed by atoms with Gasteiger partial charge < -0.3 is 10.5 Å². The third-order valence-electron chi connectivity index (χ3n) is 2.01. The number of methoxy groups -OCH3 is 1. The van der Waals surface area contributed by atoms with E-state index < -0.39 is 5.54 Å². The Balaban J connectivity index is 2.82. The van der Waals surface area contributed by atoms with Crippen molar-refractivity contribution in [3.05, 3.63) is 29.8 Å². The van der Waals surface area contributed by atoms with E-state index in [2.05, 4.69) is 0 Å². The van der Waals surface area contributed by atoms with E-state index >= 15 is 0 Å². The highest BCUT2D eigenvalue weighted by Crippen LogP contribution is 2.16. The van der Waals surface area contributed by atoms with Gasteiger partial charge in [0.05, 0.1) is 7.11 Å². The van der Waals surface area contributed by atoms with Crippen LogP contribution in [0.3, 0.4) is 0 Å². The van der Waals surface area contributed by atoms with Gasteiger partial charge in [0.25, 0.3) is 0 Å². The van der Waals surface area contributed by atoms with E-state index in [1.807, 2.05) is 19.9 Å². The number of rotatable bonds is 4. The van der Waals surface area contributed by atoms with Gasteiger partial charge in [0.15, 0.2) is 5.78 Å². The van der Waals surface area contributed by atoms with Gasteiger partial charge in [-0.2, -0.15) is 0 Å². The number of ether oxygens (including phenoxy) is 1. The molecule has 0 bridgehead atoms. The Morgan fingerprint density at radius 2 is 2.13 bits per heavy atom. The largest absolute Gasteiger partial charge is 0.497 e. The Bertz CT molecular complexity index is 353. The van der Waals surface area contributed by atoms with Crippen molar-refractivity contribution >= 4 is 5.78 Å². The van der Waals surface area contributed by atoms with Gasteiger partial charge in [-0.1, -0.05) is 12.1 Å². The van der Waals surface area contributed by atoms with Crippen LogP contribution in [0.4, 0.5) is 0 Å². The minimum atomic E-state index is -0.472. The van der Waals surface area contributed by atoms with Crippen molar-refractivity contribution in [3.8, 4) is 5.75 Å². The molecule has 0 spiro atoms. The lowest BCUT2D eigenvalue weighted by atomic mass is 9.95. The van der Waals surface area contributed by atoms with Crippen LogP contribution in [0.15, 0.2) is 24.3 Å². The van der Waals surface area contributed by atoms with Gasteiger partial charge in [-0.05, 0) is 26.0 Å². The highest BCUT2D eigenvalue weighted by atomic mass is 16.5. The van der Waals surface area contributed by atoms with Crippen LogP contribution in [0.1, 0.15) is 30.6 Å². The van der Waals surface area contributed by atoms with Gasteiger partial charge in [-0.3, -0.25) is 4.79 Å². The summed E-state index contributed by atoms with van der Waals surface area (Å²) < 4.78 is 5.05. The van der Waals surface area contributed by atoms with E-state index in [-0.39, 0.29) is 5.78 Å². The van der Waals surface area contributed by atoms with E-state index in [0.717, 1.165) is 0 Å². The van der Waals surface area contributed by atoms with Gasteiger partial charge in [0.1, 0.15) is 5.75 Å². The van der Waals surface area contributed by atoms with Gasteiger partial charge in [0.2, 0.25) is 0 Å². The molecule has 0 saturated carbocycles. The van der Waals surface area contributed by atoms with E-state index in [1.54, 1.807) is 25.3 Å². The molecule has 0 unspecified atom stereocenters. The first kappa shape index (κ1) is 11.7. The van der Waals surface area contributed by atoms with E-state index in [9.17, 15) is 4.79 Å². The number of ketones is 1. The van der Waals surface area contributed by atoms with Crippen molar-refractivity contribution in [2.45, 2.75) is 25.8 Å². The average molecular weight is 207 g/mol. The van der Waals surface area contributed by atoms with E-state index in [4.69, 9.17) is 10.5 Å². The van der Waals surface area contributed by atoms with Crippen molar-refractivity contribution in [1.29, 1.82) is 0 Å². The third kappa shape index (κ3) is 3.72. The molecule has 2 N–H and O–H groups in total. The van der Waals surface area contributed by atoms with Crippen LogP contribution in [-0.2, 0) is 0 Å². The molecular formula is C12H17NO2. The number of nitrogens with two attached hydrogens (primary N) is 1. The molecule has 3 nitrogen and oxygen atoms in total. The molecule has 15 heavy (non-hydrogen) atoms. The lowest BCUT2D eigenvalue weighted by Gasteiger charge is -2.17. The molecule has 0 fully saturated rings. The zero-order valence-corrected chi connectivity index (χ0v) is 9.41. The van der Waals surface area contributed by atoms with Crippen molar-refractivity contribution in [3.63, 3.8) is 0 Å². The SMILES string of the molecule is COc1cccc(C(=O)CC(C)(C)N)c1. The third-order valence-corrected chi connectivity index (χ3v) is 2.01. The van der Waals surface area contributed by atoms with Gasteiger partial charge in [-0.15, -0.1) is 0 Å². The standard InChI is InChI=1S/C12H17NO2/c1-12(2,13)8-11(14)9-5-4-6-10(7-9)15-3/h4-7H,8,13H2,1-3H3. The van der Waals surface area contributed by atoms with Crippen LogP contribution in [0.5, 0.6) is 5.75 Å². The van der Waals surface area contributed by atoms with Crippen LogP contribution < -0.4 is 10.5 Å². The summed E-state index contributed by atoms with van der Waals surface area (Å²) in [4.78, 5) is 11.8. The number of benzene rings is 1. The molecule has 1 aromatic carbocycles. The monoisotopic (exact) mass is 207 g/mol. The normalized spacial score (nSPS) is 11.2. The number of hydrogen-bond donors (Lipinski definition) is 1. The quantitative estimate of drug-likeness (QED) is 0.768. The zero-order valence-electron chi connectivity index (χ0n) is 9.41. The summed E-state index contributed by atoms with van der Waals surface area (Å²) in [5.74, 6) is 0.733. The first-order valence-corrected chi connectivity index (χ1v) is 4.88. The number of carbonyl (C=O) groups excluding carboxylic acids is 1. The Kier molecular flexibility index (Phi) is 3.48. The maximum absolute atomic E-state index is 11.8. The van der Waals surface area contributed by atoms with Crippen molar-refractivity contribution in [2.24, 2.45) is 5.73 Å². The molecule has 0 aliphatic rings. The Labute approximate surface area is 90.2 Å². The fourth-order valence-corrected chi connectivity index (χ4v) is 1.31. The van der Waals surface area contributed by atoms with E-state index in [1.165, 1.54) is 0 Å².